The molecule has 18 heavy (non-hydrogen) atoms. The lowest BCUT2D eigenvalue weighted by Gasteiger charge is -2.37. The molecule has 1 aromatic heterocycles. The molecule has 1 aliphatic carbocycles. The molecular weight excluding hydrogens is 296 g/mol. The highest BCUT2D eigenvalue weighted by atomic mass is 79.9. The largest absolute Gasteiger partial charge is 0.396 e. The SMILES string of the molecule is Cn1cc(Br)cc1C(=O)N(CCCO)C1CCC1. The Morgan fingerprint density at radius 1 is 1.61 bits per heavy atom. The van der Waals surface area contributed by atoms with Gasteiger partial charge in [-0.05, 0) is 47.7 Å². The molecule has 5 heteroatoms. The van der Waals surface area contributed by atoms with Crippen molar-refractivity contribution >= 4 is 21.8 Å². The third-order valence-corrected chi connectivity index (χ3v) is 3.96. The van der Waals surface area contributed by atoms with Crippen molar-refractivity contribution in [3.63, 3.8) is 0 Å². The molecule has 1 aromatic rings. The Kier molecular flexibility index (Phi) is 4.45. The summed E-state index contributed by atoms with van der Waals surface area (Å²) in [5.74, 6) is 0.0707. The van der Waals surface area contributed by atoms with Gasteiger partial charge in [-0.25, -0.2) is 0 Å². The molecule has 1 heterocycles. The molecule has 1 N–H and O–H groups in total. The molecule has 1 amide bonds. The van der Waals surface area contributed by atoms with Gasteiger partial charge in [0.15, 0.2) is 0 Å². The molecule has 1 fully saturated rings. The van der Waals surface area contributed by atoms with Crippen LogP contribution in [0.15, 0.2) is 16.7 Å². The predicted molar refractivity (Wildman–Crippen MR) is 73.5 cm³/mol. The molecule has 0 saturated heterocycles. The molecule has 0 spiro atoms. The van der Waals surface area contributed by atoms with Gasteiger partial charge in [0.2, 0.25) is 0 Å². The van der Waals surface area contributed by atoms with Crippen molar-refractivity contribution in [2.45, 2.75) is 31.7 Å². The Labute approximate surface area is 116 Å². The van der Waals surface area contributed by atoms with E-state index in [-0.39, 0.29) is 12.5 Å². The highest BCUT2D eigenvalue weighted by molar-refractivity contribution is 9.10. The van der Waals surface area contributed by atoms with Gasteiger partial charge >= 0.3 is 0 Å². The molecule has 2 rings (SSSR count). The van der Waals surface area contributed by atoms with Gasteiger partial charge in [-0.3, -0.25) is 4.79 Å². The number of carbonyl (C=O) groups is 1. The smallest absolute Gasteiger partial charge is 0.270 e. The highest BCUT2D eigenvalue weighted by Crippen LogP contribution is 2.27. The second-order valence-electron chi connectivity index (χ2n) is 4.81. The number of aromatic nitrogens is 1. The second-order valence-corrected chi connectivity index (χ2v) is 5.73. The summed E-state index contributed by atoms with van der Waals surface area (Å²) >= 11 is 3.39. The van der Waals surface area contributed by atoms with E-state index in [2.05, 4.69) is 15.9 Å². The third-order valence-electron chi connectivity index (χ3n) is 3.52. The number of halogens is 1. The van der Waals surface area contributed by atoms with E-state index >= 15 is 0 Å². The third kappa shape index (κ3) is 2.78. The Hall–Kier alpha value is -0.810. The normalized spacial score (nSPS) is 15.5. The first-order valence-electron chi connectivity index (χ1n) is 6.37. The zero-order valence-electron chi connectivity index (χ0n) is 10.6. The Bertz CT molecular complexity index is 427. The van der Waals surface area contributed by atoms with Crippen LogP contribution in [0.25, 0.3) is 0 Å². The number of amides is 1. The van der Waals surface area contributed by atoms with Gasteiger partial charge in [0.25, 0.3) is 5.91 Å². The second kappa shape index (κ2) is 5.89. The van der Waals surface area contributed by atoms with E-state index < -0.39 is 0 Å². The average molecular weight is 315 g/mol. The quantitative estimate of drug-likeness (QED) is 0.905. The van der Waals surface area contributed by atoms with Crippen LogP contribution in [-0.2, 0) is 7.05 Å². The average Bonchev–Trinajstić information content (AvgIpc) is 2.60. The Balaban J connectivity index is 2.13. The summed E-state index contributed by atoms with van der Waals surface area (Å²) in [7, 11) is 1.88. The van der Waals surface area contributed by atoms with Crippen LogP contribution < -0.4 is 0 Å². The lowest BCUT2D eigenvalue weighted by Crippen LogP contribution is -2.45. The summed E-state index contributed by atoms with van der Waals surface area (Å²) in [6.07, 6.45) is 5.90. The summed E-state index contributed by atoms with van der Waals surface area (Å²) in [5.41, 5.74) is 0.701. The molecule has 0 aliphatic heterocycles. The van der Waals surface area contributed by atoms with E-state index in [1.54, 1.807) is 0 Å². The maximum Gasteiger partial charge on any atom is 0.270 e. The summed E-state index contributed by atoms with van der Waals surface area (Å²) in [6.45, 7) is 0.774. The van der Waals surface area contributed by atoms with E-state index in [1.165, 1.54) is 6.42 Å². The number of rotatable bonds is 5. The number of carbonyl (C=O) groups excluding carboxylic acids is 1. The van der Waals surface area contributed by atoms with E-state index in [0.717, 1.165) is 17.3 Å². The zero-order valence-corrected chi connectivity index (χ0v) is 12.2. The first-order chi connectivity index (χ1) is 8.63. The van der Waals surface area contributed by atoms with Crippen molar-refractivity contribution in [1.29, 1.82) is 0 Å². The van der Waals surface area contributed by atoms with Gasteiger partial charge in [0.1, 0.15) is 5.69 Å². The zero-order chi connectivity index (χ0) is 13.1. The van der Waals surface area contributed by atoms with Crippen molar-refractivity contribution < 1.29 is 9.90 Å². The van der Waals surface area contributed by atoms with Gasteiger partial charge in [-0.2, -0.15) is 0 Å². The van der Waals surface area contributed by atoms with Crippen molar-refractivity contribution in [2.75, 3.05) is 13.2 Å². The Morgan fingerprint density at radius 3 is 2.78 bits per heavy atom. The van der Waals surface area contributed by atoms with Crippen LogP contribution in [0.5, 0.6) is 0 Å². The summed E-state index contributed by atoms with van der Waals surface area (Å²) in [4.78, 5) is 14.4. The predicted octanol–water partition coefficient (Wildman–Crippen LogP) is 2.16. The molecule has 0 bridgehead atoms. The summed E-state index contributed by atoms with van der Waals surface area (Å²) < 4.78 is 2.76. The van der Waals surface area contributed by atoms with Crippen LogP contribution in [0.3, 0.4) is 0 Å². The van der Waals surface area contributed by atoms with Gasteiger partial charge in [0, 0.05) is 36.9 Å². The number of nitrogens with zero attached hydrogens (tertiary/aromatic N) is 2. The summed E-state index contributed by atoms with van der Waals surface area (Å²) in [6, 6.07) is 2.21. The topological polar surface area (TPSA) is 45.5 Å². The first kappa shape index (κ1) is 13.6. The molecule has 1 saturated carbocycles. The van der Waals surface area contributed by atoms with Crippen LogP contribution in [0.1, 0.15) is 36.2 Å². The number of hydrogen-bond acceptors (Lipinski definition) is 2. The van der Waals surface area contributed by atoms with Crippen molar-refractivity contribution in [1.82, 2.24) is 9.47 Å². The van der Waals surface area contributed by atoms with Crippen molar-refractivity contribution in [3.05, 3.63) is 22.4 Å². The fraction of sp³-hybridized carbons (Fsp3) is 0.615. The van der Waals surface area contributed by atoms with E-state index in [1.807, 2.05) is 28.8 Å². The molecule has 0 aromatic carbocycles. The van der Waals surface area contributed by atoms with Crippen LogP contribution in [0, 0.1) is 0 Å². The first-order valence-corrected chi connectivity index (χ1v) is 7.16. The molecule has 4 nitrogen and oxygen atoms in total. The van der Waals surface area contributed by atoms with Gasteiger partial charge in [-0.15, -0.1) is 0 Å². The molecule has 1 aliphatic rings. The van der Waals surface area contributed by atoms with Crippen LogP contribution in [0.2, 0.25) is 0 Å². The Morgan fingerprint density at radius 2 is 2.33 bits per heavy atom. The van der Waals surface area contributed by atoms with E-state index in [0.29, 0.717) is 24.7 Å². The van der Waals surface area contributed by atoms with E-state index in [9.17, 15) is 4.79 Å². The monoisotopic (exact) mass is 314 g/mol. The fourth-order valence-electron chi connectivity index (χ4n) is 2.27. The van der Waals surface area contributed by atoms with Crippen LogP contribution >= 0.6 is 15.9 Å². The maximum absolute atomic E-state index is 12.5. The number of aliphatic hydroxyl groups excluding tert-OH is 1. The standard InChI is InChI=1S/C13H19BrN2O2/c1-15-9-10(14)8-12(15)13(18)16(6-3-7-17)11-4-2-5-11/h8-9,11,17H,2-7H2,1H3. The fourth-order valence-corrected chi connectivity index (χ4v) is 2.80. The number of aliphatic hydroxyl groups is 1. The molecule has 0 radical (unpaired) electrons. The molecule has 0 atom stereocenters. The molecular formula is C13H19BrN2O2. The minimum absolute atomic E-state index is 0.0707. The minimum Gasteiger partial charge on any atom is -0.396 e. The van der Waals surface area contributed by atoms with Crippen LogP contribution in [-0.4, -0.2) is 39.7 Å². The van der Waals surface area contributed by atoms with Gasteiger partial charge in [-0.1, -0.05) is 0 Å². The van der Waals surface area contributed by atoms with Crippen LogP contribution in [0.4, 0.5) is 0 Å². The van der Waals surface area contributed by atoms with Crippen molar-refractivity contribution in [2.24, 2.45) is 7.05 Å². The van der Waals surface area contributed by atoms with E-state index in [4.69, 9.17) is 5.11 Å². The lowest BCUT2D eigenvalue weighted by molar-refractivity contribution is 0.0553. The number of aryl methyl sites for hydroxylation is 1. The maximum atomic E-state index is 12.5. The highest BCUT2D eigenvalue weighted by Gasteiger charge is 2.30. The summed E-state index contributed by atoms with van der Waals surface area (Å²) in [5, 5.41) is 8.95. The minimum atomic E-state index is 0.0707. The lowest BCUT2D eigenvalue weighted by atomic mass is 9.91. The number of hydrogen-bond donors (Lipinski definition) is 1. The van der Waals surface area contributed by atoms with Gasteiger partial charge < -0.3 is 14.6 Å². The van der Waals surface area contributed by atoms with Crippen molar-refractivity contribution in [3.8, 4) is 0 Å². The molecule has 0 unspecified atom stereocenters. The van der Waals surface area contributed by atoms with Gasteiger partial charge in [0.05, 0.1) is 0 Å². The molecule has 100 valence electrons.